The van der Waals surface area contributed by atoms with E-state index in [1.54, 1.807) is 11.1 Å². The summed E-state index contributed by atoms with van der Waals surface area (Å²) < 4.78 is 42.5. The van der Waals surface area contributed by atoms with Gasteiger partial charge < -0.3 is 4.90 Å². The van der Waals surface area contributed by atoms with E-state index in [-0.39, 0.29) is 43.0 Å². The Bertz CT molecular complexity index is 1330. The van der Waals surface area contributed by atoms with E-state index in [9.17, 15) is 17.6 Å². The van der Waals surface area contributed by atoms with Crippen molar-refractivity contribution in [3.63, 3.8) is 0 Å². The molecule has 174 valence electrons. The van der Waals surface area contributed by atoms with Gasteiger partial charge in [0.05, 0.1) is 22.0 Å². The Labute approximate surface area is 192 Å². The molecule has 1 amide bonds. The van der Waals surface area contributed by atoms with Gasteiger partial charge in [-0.15, -0.1) is 0 Å². The van der Waals surface area contributed by atoms with Crippen LogP contribution in [-0.2, 0) is 10.0 Å². The van der Waals surface area contributed by atoms with Gasteiger partial charge in [-0.1, -0.05) is 6.07 Å². The zero-order valence-electron chi connectivity index (χ0n) is 18.6. The van der Waals surface area contributed by atoms with Crippen LogP contribution in [0.15, 0.2) is 41.4 Å². The number of piperazine rings is 1. The van der Waals surface area contributed by atoms with Crippen LogP contribution in [0.1, 0.15) is 54.7 Å². The highest BCUT2D eigenvalue weighted by Crippen LogP contribution is 2.40. The standard InChI is InChI=1S/C23H26FN5O3S/c1-15(2)29-22-20(14-25-29)19(13-21(26-22)16-6-7-16)23(30)27-8-10-28(11-9-27)33(31,32)18-5-3-4-17(24)12-18/h3-5,12-16H,6-11H2,1-2H3. The number of rotatable bonds is 5. The number of aromatic nitrogens is 3. The number of sulfonamides is 1. The van der Waals surface area contributed by atoms with E-state index in [2.05, 4.69) is 5.10 Å². The Balaban J connectivity index is 1.39. The minimum Gasteiger partial charge on any atom is -0.336 e. The number of benzene rings is 1. The highest BCUT2D eigenvalue weighted by atomic mass is 32.2. The van der Waals surface area contributed by atoms with Crippen LogP contribution in [-0.4, -0.2) is 64.5 Å². The first-order valence-electron chi connectivity index (χ1n) is 11.2. The highest BCUT2D eigenvalue weighted by Gasteiger charge is 2.33. The Morgan fingerprint density at radius 1 is 1.12 bits per heavy atom. The number of fused-ring (bicyclic) bond motifs is 1. The molecule has 1 aliphatic carbocycles. The summed E-state index contributed by atoms with van der Waals surface area (Å²) in [6.07, 6.45) is 3.83. The van der Waals surface area contributed by atoms with E-state index in [4.69, 9.17) is 4.98 Å². The summed E-state index contributed by atoms with van der Waals surface area (Å²) in [4.78, 5) is 19.9. The molecular weight excluding hydrogens is 445 g/mol. The molecule has 3 heterocycles. The fourth-order valence-corrected chi connectivity index (χ4v) is 5.71. The summed E-state index contributed by atoms with van der Waals surface area (Å²) in [6, 6.07) is 6.99. The maximum atomic E-state index is 13.5. The van der Waals surface area contributed by atoms with Gasteiger partial charge in [-0.3, -0.25) is 4.79 Å². The van der Waals surface area contributed by atoms with E-state index in [1.807, 2.05) is 24.6 Å². The van der Waals surface area contributed by atoms with Crippen LogP contribution in [0.4, 0.5) is 4.39 Å². The normalized spacial score (nSPS) is 17.8. The summed E-state index contributed by atoms with van der Waals surface area (Å²) in [7, 11) is -3.82. The van der Waals surface area contributed by atoms with Crippen LogP contribution >= 0.6 is 0 Å². The van der Waals surface area contributed by atoms with Gasteiger partial charge in [0.2, 0.25) is 10.0 Å². The molecule has 0 spiro atoms. The van der Waals surface area contributed by atoms with Crippen molar-refractivity contribution in [1.82, 2.24) is 24.0 Å². The monoisotopic (exact) mass is 471 g/mol. The maximum absolute atomic E-state index is 13.5. The fraction of sp³-hybridized carbons (Fsp3) is 0.435. The number of hydrogen-bond donors (Lipinski definition) is 0. The van der Waals surface area contributed by atoms with Crippen LogP contribution in [0.25, 0.3) is 11.0 Å². The maximum Gasteiger partial charge on any atom is 0.254 e. The molecular formula is C23H26FN5O3S. The van der Waals surface area contributed by atoms with Gasteiger partial charge in [0.1, 0.15) is 5.82 Å². The second-order valence-corrected chi connectivity index (χ2v) is 10.9. The first-order valence-corrected chi connectivity index (χ1v) is 12.6. The summed E-state index contributed by atoms with van der Waals surface area (Å²) in [6.45, 7) is 4.87. The lowest BCUT2D eigenvalue weighted by Crippen LogP contribution is -2.50. The number of carbonyl (C=O) groups is 1. The number of nitrogens with zero attached hydrogens (tertiary/aromatic N) is 5. The Hall–Kier alpha value is -2.85. The molecule has 1 aromatic carbocycles. The minimum absolute atomic E-state index is 0.0757. The highest BCUT2D eigenvalue weighted by molar-refractivity contribution is 7.89. The van der Waals surface area contributed by atoms with Crippen molar-refractivity contribution in [2.45, 2.75) is 43.5 Å². The van der Waals surface area contributed by atoms with E-state index in [0.717, 1.165) is 24.6 Å². The van der Waals surface area contributed by atoms with Gasteiger partial charge in [0, 0.05) is 43.8 Å². The quantitative estimate of drug-likeness (QED) is 0.570. The molecule has 10 heteroatoms. The molecule has 8 nitrogen and oxygen atoms in total. The zero-order valence-corrected chi connectivity index (χ0v) is 19.4. The first kappa shape index (κ1) is 22.0. The molecule has 1 aliphatic heterocycles. The van der Waals surface area contributed by atoms with Gasteiger partial charge in [0.15, 0.2) is 5.65 Å². The lowest BCUT2D eigenvalue weighted by molar-refractivity contribution is 0.0699. The van der Waals surface area contributed by atoms with Crippen molar-refractivity contribution in [1.29, 1.82) is 0 Å². The lowest BCUT2D eigenvalue weighted by atomic mass is 10.1. The number of hydrogen-bond acceptors (Lipinski definition) is 5. The fourth-order valence-electron chi connectivity index (χ4n) is 4.26. The van der Waals surface area contributed by atoms with E-state index < -0.39 is 15.8 Å². The third-order valence-corrected chi connectivity index (χ3v) is 8.16. The Kier molecular flexibility index (Phi) is 5.44. The average Bonchev–Trinajstić information content (AvgIpc) is 3.56. The number of pyridine rings is 1. The van der Waals surface area contributed by atoms with Crippen LogP contribution in [0.5, 0.6) is 0 Å². The third kappa shape index (κ3) is 4.02. The van der Waals surface area contributed by atoms with Crippen molar-refractivity contribution in [2.24, 2.45) is 0 Å². The zero-order chi connectivity index (χ0) is 23.3. The molecule has 0 bridgehead atoms. The van der Waals surface area contributed by atoms with Crippen molar-refractivity contribution >= 4 is 27.0 Å². The number of carbonyl (C=O) groups excluding carboxylic acids is 1. The number of halogens is 1. The number of amides is 1. The molecule has 1 saturated heterocycles. The molecule has 3 aromatic rings. The van der Waals surface area contributed by atoms with Gasteiger partial charge in [0.25, 0.3) is 5.91 Å². The molecule has 1 saturated carbocycles. The smallest absolute Gasteiger partial charge is 0.254 e. The van der Waals surface area contributed by atoms with Gasteiger partial charge in [-0.25, -0.2) is 22.5 Å². The molecule has 33 heavy (non-hydrogen) atoms. The average molecular weight is 472 g/mol. The van der Waals surface area contributed by atoms with Crippen molar-refractivity contribution < 1.29 is 17.6 Å². The second kappa shape index (κ2) is 8.18. The predicted molar refractivity (Wildman–Crippen MR) is 121 cm³/mol. The molecule has 0 unspecified atom stereocenters. The third-order valence-electron chi connectivity index (χ3n) is 6.26. The predicted octanol–water partition coefficient (Wildman–Crippen LogP) is 3.18. The topological polar surface area (TPSA) is 88.4 Å². The van der Waals surface area contributed by atoms with Crippen molar-refractivity contribution in [3.05, 3.63) is 53.6 Å². The summed E-state index contributed by atoms with van der Waals surface area (Å²) >= 11 is 0. The molecule has 0 radical (unpaired) electrons. The molecule has 2 aromatic heterocycles. The lowest BCUT2D eigenvalue weighted by Gasteiger charge is -2.34. The van der Waals surface area contributed by atoms with Crippen LogP contribution < -0.4 is 0 Å². The van der Waals surface area contributed by atoms with Gasteiger partial charge in [-0.05, 0) is 51.0 Å². The summed E-state index contributed by atoms with van der Waals surface area (Å²) in [5.74, 6) is -0.361. The molecule has 5 rings (SSSR count). The van der Waals surface area contributed by atoms with Crippen LogP contribution in [0.2, 0.25) is 0 Å². The molecule has 0 atom stereocenters. The first-order chi connectivity index (χ1) is 15.8. The molecule has 0 N–H and O–H groups in total. The van der Waals surface area contributed by atoms with Gasteiger partial charge in [-0.2, -0.15) is 9.40 Å². The SMILES string of the molecule is CC(C)n1ncc2c(C(=O)N3CCN(S(=O)(=O)c4cccc(F)c4)CC3)cc(C3CC3)nc21. The van der Waals surface area contributed by atoms with E-state index in [0.29, 0.717) is 22.5 Å². The van der Waals surface area contributed by atoms with Crippen molar-refractivity contribution in [2.75, 3.05) is 26.2 Å². The second-order valence-electron chi connectivity index (χ2n) is 8.94. The molecule has 2 fully saturated rings. The largest absolute Gasteiger partial charge is 0.336 e. The van der Waals surface area contributed by atoms with Crippen LogP contribution in [0, 0.1) is 5.82 Å². The van der Waals surface area contributed by atoms with E-state index in [1.165, 1.54) is 22.5 Å². The van der Waals surface area contributed by atoms with Crippen LogP contribution in [0.3, 0.4) is 0 Å². The summed E-state index contributed by atoms with van der Waals surface area (Å²) in [5.41, 5.74) is 2.20. The van der Waals surface area contributed by atoms with Gasteiger partial charge >= 0.3 is 0 Å². The minimum atomic E-state index is -3.82. The Morgan fingerprint density at radius 3 is 2.48 bits per heavy atom. The summed E-state index contributed by atoms with van der Waals surface area (Å²) in [5, 5.41) is 5.17. The van der Waals surface area contributed by atoms with Crippen molar-refractivity contribution in [3.8, 4) is 0 Å². The molecule has 2 aliphatic rings. The van der Waals surface area contributed by atoms with E-state index >= 15 is 0 Å². The Morgan fingerprint density at radius 2 is 1.85 bits per heavy atom.